The normalized spacial score (nSPS) is 10.1. The monoisotopic (exact) mass is 454 g/mol. The Morgan fingerprint density at radius 1 is 0.654 bits per heavy atom. The topological polar surface area (TPSA) is 0 Å². The molecule has 0 N–H and O–H groups in total. The minimum Gasteiger partial charge on any atom is -0.168 e. The zero-order chi connectivity index (χ0) is 18.4. The van der Waals surface area contributed by atoms with Crippen molar-refractivity contribution in [2.75, 3.05) is 0 Å². The third-order valence-electron chi connectivity index (χ3n) is 4.07. The van der Waals surface area contributed by atoms with Gasteiger partial charge in [-0.25, -0.2) is 0 Å². The van der Waals surface area contributed by atoms with E-state index < -0.39 is 18.9 Å². The fraction of sp³-hybridized carbons (Fsp3) is 0. The van der Waals surface area contributed by atoms with Gasteiger partial charge in [-0.2, -0.15) is 17.5 Å². The number of halogens is 2. The van der Waals surface area contributed by atoms with E-state index in [0.29, 0.717) is 0 Å². The molecule has 5 aromatic carbocycles. The molecule has 0 bridgehead atoms. The van der Waals surface area contributed by atoms with Gasteiger partial charge in [-0.05, 0) is 0 Å². The van der Waals surface area contributed by atoms with Crippen molar-refractivity contribution < 1.29 is 18.9 Å². The van der Waals surface area contributed by atoms with Crippen LogP contribution in [0.25, 0.3) is 32.3 Å². The molecule has 0 fully saturated rings. The average Bonchev–Trinajstić information content (AvgIpc) is 3.26. The van der Waals surface area contributed by atoms with Crippen molar-refractivity contribution >= 4 is 53.6 Å². The number of benzene rings is 3. The number of fused-ring (bicyclic) bond motifs is 4. The molecule has 5 rings (SSSR count). The number of hydrogen-bond donors (Lipinski definition) is 0. The second-order valence-electron chi connectivity index (χ2n) is 5.81. The summed E-state index contributed by atoms with van der Waals surface area (Å²) >= 11 is -1.85. The summed E-state index contributed by atoms with van der Waals surface area (Å²) in [6, 6.07) is 33.9. The minimum absolute atomic E-state index is 1.33. The number of rotatable bonds is 0. The molecule has 0 spiro atoms. The van der Waals surface area contributed by atoms with Gasteiger partial charge in [0.2, 0.25) is 0 Å². The fourth-order valence-electron chi connectivity index (χ4n) is 2.97. The minimum atomic E-state index is -1.85. The molecule has 130 valence electrons. The summed E-state index contributed by atoms with van der Waals surface area (Å²) in [7, 11) is 10.3. The zero-order valence-corrected chi connectivity index (χ0v) is 18.2. The van der Waals surface area contributed by atoms with E-state index >= 15 is 0 Å². The van der Waals surface area contributed by atoms with Crippen LogP contribution >= 0.6 is 17.0 Å². The molecule has 0 aliphatic rings. The van der Waals surface area contributed by atoms with Crippen LogP contribution in [0.1, 0.15) is 0 Å². The third kappa shape index (κ3) is 5.01. The maximum atomic E-state index is 5.13. The van der Waals surface area contributed by atoms with E-state index in [9.17, 15) is 0 Å². The molecule has 0 nitrogen and oxygen atoms in total. The van der Waals surface area contributed by atoms with Crippen molar-refractivity contribution in [3.63, 3.8) is 0 Å². The van der Waals surface area contributed by atoms with Gasteiger partial charge in [-0.1, -0.05) is 42.5 Å². The fourth-order valence-corrected chi connectivity index (χ4v) is 2.97. The van der Waals surface area contributed by atoms with Gasteiger partial charge < -0.3 is 0 Å². The van der Waals surface area contributed by atoms with Gasteiger partial charge in [0, 0.05) is 0 Å². The van der Waals surface area contributed by atoms with Crippen LogP contribution in [0.5, 0.6) is 0 Å². The Labute approximate surface area is 168 Å². The van der Waals surface area contributed by atoms with Crippen LogP contribution in [0.15, 0.2) is 97.1 Å². The van der Waals surface area contributed by atoms with Crippen LogP contribution < -0.4 is 0 Å². The summed E-state index contributed by atoms with van der Waals surface area (Å²) in [5, 5.41) is 8.05. The zero-order valence-electron chi connectivity index (χ0n) is 14.2. The largest absolute Gasteiger partial charge is 0.168 e. The predicted molar refractivity (Wildman–Crippen MR) is 115 cm³/mol. The van der Waals surface area contributed by atoms with Crippen molar-refractivity contribution in [3.8, 4) is 0 Å². The van der Waals surface area contributed by atoms with Gasteiger partial charge in [-0.15, -0.1) is 69.4 Å². The molecule has 0 aliphatic carbocycles. The van der Waals surface area contributed by atoms with E-state index in [1.54, 1.807) is 0 Å². The molecular formula is C23H18Cl2Zr-2. The van der Waals surface area contributed by atoms with Gasteiger partial charge >= 0.3 is 40.1 Å². The molecule has 0 aromatic heterocycles. The van der Waals surface area contributed by atoms with Crippen LogP contribution in [-0.4, -0.2) is 4.21 Å². The average molecular weight is 457 g/mol. The van der Waals surface area contributed by atoms with Crippen molar-refractivity contribution in [1.82, 2.24) is 0 Å². The third-order valence-corrected chi connectivity index (χ3v) is 4.07. The molecule has 3 heteroatoms. The summed E-state index contributed by atoms with van der Waals surface area (Å²) in [4.78, 5) is 0. The first-order valence-electron chi connectivity index (χ1n) is 8.28. The van der Waals surface area contributed by atoms with Crippen molar-refractivity contribution in [2.45, 2.75) is 0 Å². The standard InChI is InChI=1S/C13H9.C9H7.CH2.2ClH.Zr/c1-3-7-12-10(5-1)9-11-6-2-4-8-13(11)12;1-2-5-9-7-3-6-8(9)4-1;;;;/h1-9H;1-7H;1H2;2*1H;/q2*-1;;;;+2/p-2. The van der Waals surface area contributed by atoms with Crippen LogP contribution in [0.4, 0.5) is 0 Å². The van der Waals surface area contributed by atoms with E-state index in [1.807, 2.05) is 0 Å². The second kappa shape index (κ2) is 9.42. The van der Waals surface area contributed by atoms with Crippen molar-refractivity contribution in [3.05, 3.63) is 97.1 Å². The first-order chi connectivity index (χ1) is 12.6. The van der Waals surface area contributed by atoms with Gasteiger partial charge in [0.25, 0.3) is 0 Å². The SMILES string of the molecule is [CH2]=[Zr]([Cl])[Cl].c1ccc2[cH-]ccc2c1.c1ccc2c(c1)[cH-]c1ccccc12. The maximum absolute atomic E-state index is 5.13. The molecule has 26 heavy (non-hydrogen) atoms. The summed E-state index contributed by atoms with van der Waals surface area (Å²) < 4.78 is 3.37. The molecule has 0 atom stereocenters. The molecule has 0 saturated carbocycles. The molecule has 0 heterocycles. The van der Waals surface area contributed by atoms with Gasteiger partial charge in [0.15, 0.2) is 0 Å². The van der Waals surface area contributed by atoms with E-state index in [2.05, 4.69) is 101 Å². The van der Waals surface area contributed by atoms with Crippen LogP contribution in [-0.2, 0) is 18.9 Å². The Balaban J connectivity index is 0.000000131. The summed E-state index contributed by atoms with van der Waals surface area (Å²) in [5.41, 5.74) is 0. The van der Waals surface area contributed by atoms with E-state index in [4.69, 9.17) is 17.0 Å². The molecule has 0 aliphatic heterocycles. The van der Waals surface area contributed by atoms with E-state index in [0.717, 1.165) is 0 Å². The Morgan fingerprint density at radius 3 is 1.65 bits per heavy atom. The van der Waals surface area contributed by atoms with Crippen molar-refractivity contribution in [2.24, 2.45) is 0 Å². The Kier molecular flexibility index (Phi) is 6.97. The van der Waals surface area contributed by atoms with Gasteiger partial charge in [0.1, 0.15) is 0 Å². The quantitative estimate of drug-likeness (QED) is 0.210. The van der Waals surface area contributed by atoms with E-state index in [1.165, 1.54) is 32.3 Å². The molecule has 0 unspecified atom stereocenters. The van der Waals surface area contributed by atoms with Crippen LogP contribution in [0.3, 0.4) is 0 Å². The molecule has 5 aromatic rings. The summed E-state index contributed by atoms with van der Waals surface area (Å²) in [6.07, 6.45) is 0. The summed E-state index contributed by atoms with van der Waals surface area (Å²) in [5.74, 6) is 0. The molecule has 0 amide bonds. The van der Waals surface area contributed by atoms with Crippen LogP contribution in [0.2, 0.25) is 0 Å². The first kappa shape index (κ1) is 19.2. The Morgan fingerprint density at radius 2 is 1.12 bits per heavy atom. The van der Waals surface area contributed by atoms with E-state index in [-0.39, 0.29) is 0 Å². The smallest absolute Gasteiger partial charge is 0.0771 e. The first-order valence-corrected chi connectivity index (χ1v) is 16.4. The molecular weight excluding hydrogens is 438 g/mol. The van der Waals surface area contributed by atoms with Gasteiger partial charge in [-0.3, -0.25) is 0 Å². The second-order valence-corrected chi connectivity index (χ2v) is 14.0. The predicted octanol–water partition coefficient (Wildman–Crippen LogP) is 7.61. The van der Waals surface area contributed by atoms with Crippen LogP contribution in [0, 0.1) is 0 Å². The Bertz CT molecular complexity index is 1050. The van der Waals surface area contributed by atoms with Crippen molar-refractivity contribution in [1.29, 1.82) is 0 Å². The molecule has 0 saturated heterocycles. The van der Waals surface area contributed by atoms with Gasteiger partial charge in [0.05, 0.1) is 0 Å². The molecule has 0 radical (unpaired) electrons. The summed E-state index contributed by atoms with van der Waals surface area (Å²) in [6.45, 7) is 0. The Hall–Kier alpha value is -1.53. The maximum Gasteiger partial charge on any atom is -0.0771 e. The number of hydrogen-bond acceptors (Lipinski definition) is 0.